The van der Waals surface area contributed by atoms with Crippen LogP contribution < -0.4 is 24.4 Å². The van der Waals surface area contributed by atoms with Crippen molar-refractivity contribution in [2.24, 2.45) is 4.99 Å². The van der Waals surface area contributed by atoms with Crippen LogP contribution in [-0.4, -0.2) is 35.3 Å². The Morgan fingerprint density at radius 2 is 2.00 bits per heavy atom. The monoisotopic (exact) mass is 571 g/mol. The number of nitro benzene ring substituents is 1. The topological polar surface area (TPSA) is 122 Å². The molecule has 0 saturated heterocycles. The summed E-state index contributed by atoms with van der Waals surface area (Å²) in [6.45, 7) is 7.32. The van der Waals surface area contributed by atoms with Crippen molar-refractivity contribution in [3.63, 3.8) is 0 Å². The molecule has 204 valence electrons. The molecule has 0 bridgehead atoms. The molecule has 12 heteroatoms. The zero-order chi connectivity index (χ0) is 28.4. The van der Waals surface area contributed by atoms with E-state index >= 15 is 0 Å². The number of thiazole rings is 1. The number of nitrogens with zero attached hydrogens (tertiary/aromatic N) is 3. The second kappa shape index (κ2) is 11.4. The van der Waals surface area contributed by atoms with Crippen molar-refractivity contribution >= 4 is 40.7 Å². The highest BCUT2D eigenvalue weighted by Crippen LogP contribution is 2.36. The third kappa shape index (κ3) is 5.59. The lowest BCUT2D eigenvalue weighted by atomic mass is 9.95. The highest BCUT2D eigenvalue weighted by molar-refractivity contribution is 7.07. The standard InChI is InChI=1S/C27H26ClN3O7S/c1-6-37-26(33)23-15(4)29-27-30(24(23)17-8-10-20(38-14(2)3)21(13-17)36-5)25(32)22(39-27)12-16-7-9-18(28)19(11-16)31(34)35/h7-14,24H,6H2,1-5H3/b22-12-/t24-/m1/s1. The number of nitro groups is 1. The third-order valence-electron chi connectivity index (χ3n) is 5.85. The summed E-state index contributed by atoms with van der Waals surface area (Å²) in [5, 5.41) is 11.3. The number of allylic oxidation sites excluding steroid dienone is 1. The summed E-state index contributed by atoms with van der Waals surface area (Å²) < 4.78 is 18.4. The largest absolute Gasteiger partial charge is 0.493 e. The smallest absolute Gasteiger partial charge is 0.338 e. The van der Waals surface area contributed by atoms with Crippen LogP contribution in [0.5, 0.6) is 11.5 Å². The first-order valence-electron chi connectivity index (χ1n) is 12.0. The van der Waals surface area contributed by atoms with Crippen molar-refractivity contribution in [3.8, 4) is 11.5 Å². The van der Waals surface area contributed by atoms with Gasteiger partial charge in [0.15, 0.2) is 16.3 Å². The van der Waals surface area contributed by atoms with Crippen LogP contribution in [0.25, 0.3) is 6.08 Å². The van der Waals surface area contributed by atoms with Gasteiger partial charge >= 0.3 is 5.97 Å². The summed E-state index contributed by atoms with van der Waals surface area (Å²) in [5.74, 6) is 0.369. The summed E-state index contributed by atoms with van der Waals surface area (Å²) in [4.78, 5) is 42.6. The number of rotatable bonds is 8. The molecule has 1 atom stereocenters. The molecule has 10 nitrogen and oxygen atoms in total. The van der Waals surface area contributed by atoms with E-state index in [4.69, 9.17) is 25.8 Å². The number of ether oxygens (including phenoxy) is 3. The third-order valence-corrected chi connectivity index (χ3v) is 7.15. The Kier molecular flexibility index (Phi) is 8.22. The van der Waals surface area contributed by atoms with Crippen molar-refractivity contribution < 1.29 is 23.9 Å². The predicted molar refractivity (Wildman–Crippen MR) is 147 cm³/mol. The Balaban J connectivity index is 1.94. The first-order chi connectivity index (χ1) is 18.5. The minimum absolute atomic E-state index is 0.00727. The number of halogens is 1. The molecule has 0 amide bonds. The van der Waals surface area contributed by atoms with Crippen LogP contribution in [0.3, 0.4) is 0 Å². The van der Waals surface area contributed by atoms with Crippen LogP contribution in [0.2, 0.25) is 5.02 Å². The van der Waals surface area contributed by atoms with E-state index in [0.29, 0.717) is 33.1 Å². The summed E-state index contributed by atoms with van der Waals surface area (Å²) in [6, 6.07) is 8.65. The number of carbonyl (C=O) groups is 1. The summed E-state index contributed by atoms with van der Waals surface area (Å²) in [5.41, 5.74) is 0.956. The Labute approximate surface area is 232 Å². The molecule has 4 rings (SSSR count). The molecule has 0 radical (unpaired) electrons. The van der Waals surface area contributed by atoms with Crippen molar-refractivity contribution in [2.75, 3.05) is 13.7 Å². The predicted octanol–water partition coefficient (Wildman–Crippen LogP) is 4.16. The molecule has 39 heavy (non-hydrogen) atoms. The molecule has 2 aromatic carbocycles. The highest BCUT2D eigenvalue weighted by Gasteiger charge is 2.34. The van der Waals surface area contributed by atoms with Crippen LogP contribution in [0.15, 0.2) is 57.5 Å². The quantitative estimate of drug-likeness (QED) is 0.226. The molecule has 0 N–H and O–H groups in total. The number of esters is 1. The maximum atomic E-state index is 13.8. The molecule has 1 aliphatic heterocycles. The SMILES string of the molecule is CCOC(=O)C1=C(C)N=c2s/c(=C\c3ccc(Cl)c([N+](=O)[O-])c3)c(=O)n2[C@@H]1c1ccc(OC(C)C)c(OC)c1. The zero-order valence-corrected chi connectivity index (χ0v) is 23.5. The Morgan fingerprint density at radius 3 is 2.64 bits per heavy atom. The van der Waals surface area contributed by atoms with E-state index < -0.39 is 22.5 Å². The highest BCUT2D eigenvalue weighted by atomic mass is 35.5. The molecule has 0 unspecified atom stereocenters. The van der Waals surface area contributed by atoms with Gasteiger partial charge in [0, 0.05) is 6.07 Å². The van der Waals surface area contributed by atoms with Crippen molar-refractivity contribution in [3.05, 3.63) is 93.6 Å². The van der Waals surface area contributed by atoms with Gasteiger partial charge in [0.1, 0.15) is 5.02 Å². The van der Waals surface area contributed by atoms with Crippen LogP contribution in [0.1, 0.15) is 44.9 Å². The average Bonchev–Trinajstić information content (AvgIpc) is 3.18. The molecule has 1 aromatic heterocycles. The molecular formula is C27H26ClN3O7S. The maximum Gasteiger partial charge on any atom is 0.338 e. The fourth-order valence-electron chi connectivity index (χ4n) is 4.22. The first kappa shape index (κ1) is 28.1. The van der Waals surface area contributed by atoms with Crippen LogP contribution in [0.4, 0.5) is 5.69 Å². The van der Waals surface area contributed by atoms with Gasteiger partial charge in [-0.3, -0.25) is 19.5 Å². The van der Waals surface area contributed by atoms with E-state index in [0.717, 1.165) is 11.3 Å². The van der Waals surface area contributed by atoms with E-state index in [2.05, 4.69) is 4.99 Å². The molecule has 0 spiro atoms. The van der Waals surface area contributed by atoms with Gasteiger partial charge in [0.25, 0.3) is 11.2 Å². The average molecular weight is 572 g/mol. The summed E-state index contributed by atoms with van der Waals surface area (Å²) in [6.07, 6.45) is 1.44. The second-order valence-corrected chi connectivity index (χ2v) is 10.3. The first-order valence-corrected chi connectivity index (χ1v) is 13.2. The van der Waals surface area contributed by atoms with Gasteiger partial charge in [-0.25, -0.2) is 9.79 Å². The van der Waals surface area contributed by atoms with Crippen molar-refractivity contribution in [2.45, 2.75) is 39.8 Å². The van der Waals surface area contributed by atoms with Crippen LogP contribution >= 0.6 is 22.9 Å². The van der Waals surface area contributed by atoms with Gasteiger partial charge in [-0.2, -0.15) is 0 Å². The normalized spacial score (nSPS) is 15.2. The van der Waals surface area contributed by atoms with E-state index in [-0.39, 0.29) is 33.5 Å². The van der Waals surface area contributed by atoms with E-state index in [1.54, 1.807) is 38.1 Å². The van der Waals surface area contributed by atoms with Gasteiger partial charge in [0.05, 0.1) is 46.6 Å². The van der Waals surface area contributed by atoms with Crippen LogP contribution in [0, 0.1) is 10.1 Å². The van der Waals surface area contributed by atoms with Gasteiger partial charge in [-0.1, -0.05) is 35.1 Å². The fourth-order valence-corrected chi connectivity index (χ4v) is 5.46. The number of fused-ring (bicyclic) bond motifs is 1. The minimum Gasteiger partial charge on any atom is -0.493 e. The molecule has 0 fully saturated rings. The number of carbonyl (C=O) groups excluding carboxylic acids is 1. The molecular weight excluding hydrogens is 546 g/mol. The van der Waals surface area contributed by atoms with E-state index in [9.17, 15) is 19.7 Å². The Morgan fingerprint density at radius 1 is 1.26 bits per heavy atom. The number of aromatic nitrogens is 1. The van der Waals surface area contributed by atoms with E-state index in [1.165, 1.54) is 29.9 Å². The van der Waals surface area contributed by atoms with Gasteiger partial charge < -0.3 is 14.2 Å². The van der Waals surface area contributed by atoms with Gasteiger partial charge in [0.2, 0.25) is 0 Å². The van der Waals surface area contributed by atoms with E-state index in [1.807, 2.05) is 13.8 Å². The molecule has 0 saturated carbocycles. The van der Waals surface area contributed by atoms with Crippen molar-refractivity contribution in [1.29, 1.82) is 0 Å². The summed E-state index contributed by atoms with van der Waals surface area (Å²) >= 11 is 7.05. The molecule has 0 aliphatic carbocycles. The van der Waals surface area contributed by atoms with Gasteiger partial charge in [-0.15, -0.1) is 0 Å². The Hall–Kier alpha value is -3.96. The number of hydrogen-bond donors (Lipinski definition) is 0. The Bertz CT molecular complexity index is 1670. The maximum absolute atomic E-state index is 13.8. The lowest BCUT2D eigenvalue weighted by Gasteiger charge is -2.25. The van der Waals surface area contributed by atoms with Gasteiger partial charge in [-0.05, 0) is 63.1 Å². The molecule has 3 aromatic rings. The lowest BCUT2D eigenvalue weighted by molar-refractivity contribution is -0.384. The molecule has 2 heterocycles. The number of methoxy groups -OCH3 is 1. The lowest BCUT2D eigenvalue weighted by Crippen LogP contribution is -2.40. The molecule has 1 aliphatic rings. The summed E-state index contributed by atoms with van der Waals surface area (Å²) in [7, 11) is 1.51. The number of benzene rings is 2. The number of hydrogen-bond acceptors (Lipinski definition) is 9. The fraction of sp³-hybridized carbons (Fsp3) is 0.296. The van der Waals surface area contributed by atoms with Crippen molar-refractivity contribution in [1.82, 2.24) is 4.57 Å². The minimum atomic E-state index is -0.857. The zero-order valence-electron chi connectivity index (χ0n) is 21.9. The van der Waals surface area contributed by atoms with Crippen LogP contribution in [-0.2, 0) is 9.53 Å². The second-order valence-electron chi connectivity index (χ2n) is 8.85.